The summed E-state index contributed by atoms with van der Waals surface area (Å²) in [5, 5.41) is 0. The minimum atomic E-state index is -0.116. The van der Waals surface area contributed by atoms with Crippen LogP contribution in [-0.2, 0) is 17.8 Å². The zero-order chi connectivity index (χ0) is 22.9. The summed E-state index contributed by atoms with van der Waals surface area (Å²) in [7, 11) is 3.86. The van der Waals surface area contributed by atoms with Gasteiger partial charge in [-0.15, -0.1) is 0 Å². The van der Waals surface area contributed by atoms with E-state index in [1.54, 1.807) is 6.07 Å². The Morgan fingerprint density at radius 1 is 0.900 bits per heavy atom. The lowest BCUT2D eigenvalue weighted by Crippen LogP contribution is -2.35. The zero-order valence-corrected chi connectivity index (χ0v) is 20.5. The highest BCUT2D eigenvalue weighted by atomic mass is 19.1. The average molecular weight is 419 g/mol. The number of morpholine rings is 1. The van der Waals surface area contributed by atoms with Crippen LogP contribution in [0.1, 0.15) is 49.9 Å². The lowest BCUT2D eigenvalue weighted by atomic mass is 10.1. The predicted molar refractivity (Wildman–Crippen MR) is 128 cm³/mol. The molecule has 2 aromatic rings. The van der Waals surface area contributed by atoms with Crippen LogP contribution in [0, 0.1) is 19.7 Å². The van der Waals surface area contributed by atoms with Crippen molar-refractivity contribution < 1.29 is 9.13 Å². The van der Waals surface area contributed by atoms with Crippen LogP contribution in [-0.4, -0.2) is 50.2 Å². The molecule has 0 amide bonds. The quantitative estimate of drug-likeness (QED) is 0.599. The first-order valence-electron chi connectivity index (χ1n) is 11.2. The third-order valence-corrected chi connectivity index (χ3v) is 4.28. The largest absolute Gasteiger partial charge is 0.379 e. The van der Waals surface area contributed by atoms with Gasteiger partial charge in [0.1, 0.15) is 5.82 Å². The molecule has 0 atom stereocenters. The van der Waals surface area contributed by atoms with E-state index in [1.807, 2.05) is 59.7 Å². The first-order chi connectivity index (χ1) is 14.4. The van der Waals surface area contributed by atoms with Crippen LogP contribution in [0.5, 0.6) is 0 Å². The summed E-state index contributed by atoms with van der Waals surface area (Å²) < 4.78 is 18.4. The molecule has 3 rings (SSSR count). The summed E-state index contributed by atoms with van der Waals surface area (Å²) in [5.41, 5.74) is 4.62. The highest BCUT2D eigenvalue weighted by molar-refractivity contribution is 5.24. The number of hydrogen-bond donors (Lipinski definition) is 0. The molecule has 1 heterocycles. The Labute approximate surface area is 184 Å². The molecule has 1 aliphatic rings. The number of benzene rings is 2. The van der Waals surface area contributed by atoms with Gasteiger partial charge in [0, 0.05) is 31.7 Å². The molecule has 0 bridgehead atoms. The van der Waals surface area contributed by atoms with Crippen molar-refractivity contribution in [3.05, 3.63) is 70.5 Å². The van der Waals surface area contributed by atoms with Crippen molar-refractivity contribution in [3.8, 4) is 0 Å². The molecular formula is C26H43FN2O. The molecule has 30 heavy (non-hydrogen) atoms. The Hall–Kier alpha value is -1.75. The summed E-state index contributed by atoms with van der Waals surface area (Å²) in [6, 6.07) is 13.9. The molecule has 1 fully saturated rings. The van der Waals surface area contributed by atoms with E-state index in [0.717, 1.165) is 44.0 Å². The number of rotatable bonds is 4. The summed E-state index contributed by atoms with van der Waals surface area (Å²) in [6.07, 6.45) is 0. The van der Waals surface area contributed by atoms with Crippen LogP contribution in [0.4, 0.5) is 4.39 Å². The van der Waals surface area contributed by atoms with Gasteiger partial charge in [0.25, 0.3) is 0 Å². The van der Waals surface area contributed by atoms with Gasteiger partial charge in [-0.2, -0.15) is 0 Å². The van der Waals surface area contributed by atoms with Gasteiger partial charge in [-0.1, -0.05) is 75.2 Å². The Kier molecular flexibility index (Phi) is 16.0. The van der Waals surface area contributed by atoms with Crippen LogP contribution >= 0.6 is 0 Å². The molecule has 1 aliphatic heterocycles. The van der Waals surface area contributed by atoms with Gasteiger partial charge in [-0.05, 0) is 39.6 Å². The fourth-order valence-electron chi connectivity index (χ4n) is 2.99. The monoisotopic (exact) mass is 418 g/mol. The topological polar surface area (TPSA) is 15.7 Å². The second-order valence-corrected chi connectivity index (χ2v) is 7.21. The lowest BCUT2D eigenvalue weighted by molar-refractivity contribution is 0.0342. The van der Waals surface area contributed by atoms with Gasteiger partial charge in [0.05, 0.1) is 13.2 Å². The Morgan fingerprint density at radius 3 is 2.07 bits per heavy atom. The minimum absolute atomic E-state index is 0.116. The summed E-state index contributed by atoms with van der Waals surface area (Å²) >= 11 is 0. The van der Waals surface area contributed by atoms with E-state index in [4.69, 9.17) is 4.74 Å². The number of halogens is 1. The van der Waals surface area contributed by atoms with Crippen molar-refractivity contribution in [1.29, 1.82) is 0 Å². The SMILES string of the molecule is CC.CC.Cc1ccc(F)c(CN(C)C)c1.Cc1cccc(CN2CCOCC2)c1. The van der Waals surface area contributed by atoms with Gasteiger partial charge in [0.15, 0.2) is 0 Å². The van der Waals surface area contributed by atoms with Gasteiger partial charge < -0.3 is 9.64 Å². The molecule has 1 saturated heterocycles. The maximum absolute atomic E-state index is 13.1. The normalized spacial score (nSPS) is 13.3. The van der Waals surface area contributed by atoms with E-state index in [-0.39, 0.29) is 5.82 Å². The molecule has 2 aromatic carbocycles. The third-order valence-electron chi connectivity index (χ3n) is 4.28. The van der Waals surface area contributed by atoms with Crippen molar-refractivity contribution in [2.45, 2.75) is 54.6 Å². The van der Waals surface area contributed by atoms with Gasteiger partial charge in [0.2, 0.25) is 0 Å². The van der Waals surface area contributed by atoms with Gasteiger partial charge in [-0.25, -0.2) is 4.39 Å². The predicted octanol–water partition coefficient (Wildman–Crippen LogP) is 6.08. The van der Waals surface area contributed by atoms with E-state index >= 15 is 0 Å². The second-order valence-electron chi connectivity index (χ2n) is 7.21. The molecule has 0 aliphatic carbocycles. The number of nitrogens with zero attached hydrogens (tertiary/aromatic N) is 2. The Balaban J connectivity index is 0.000000486. The highest BCUT2D eigenvalue weighted by Gasteiger charge is 2.10. The summed E-state index contributed by atoms with van der Waals surface area (Å²) in [5.74, 6) is -0.116. The van der Waals surface area contributed by atoms with Gasteiger partial charge >= 0.3 is 0 Å². The average Bonchev–Trinajstić information content (AvgIpc) is 2.75. The third kappa shape index (κ3) is 12.1. The standard InChI is InChI=1S/C12H17NO.C10H14FN.2C2H6/c1-11-3-2-4-12(9-11)10-13-5-7-14-8-6-13;1-8-4-5-10(11)9(6-8)7-12(2)3;2*1-2/h2-4,9H,5-8,10H2,1H3;4-6H,7H2,1-3H3;2*1-2H3. The maximum Gasteiger partial charge on any atom is 0.127 e. The maximum atomic E-state index is 13.1. The summed E-state index contributed by atoms with van der Waals surface area (Å²) in [6.45, 7) is 17.7. The number of hydrogen-bond acceptors (Lipinski definition) is 3. The van der Waals surface area contributed by atoms with E-state index < -0.39 is 0 Å². The van der Waals surface area contributed by atoms with Crippen molar-refractivity contribution in [2.24, 2.45) is 0 Å². The lowest BCUT2D eigenvalue weighted by Gasteiger charge is -2.26. The molecule has 0 aromatic heterocycles. The van der Waals surface area contributed by atoms with E-state index in [2.05, 4.69) is 36.1 Å². The molecule has 0 N–H and O–H groups in total. The molecular weight excluding hydrogens is 375 g/mol. The van der Waals surface area contributed by atoms with E-state index in [0.29, 0.717) is 6.54 Å². The van der Waals surface area contributed by atoms with Gasteiger partial charge in [-0.3, -0.25) is 4.90 Å². The molecule has 0 spiro atoms. The van der Waals surface area contributed by atoms with Crippen molar-refractivity contribution in [3.63, 3.8) is 0 Å². The van der Waals surface area contributed by atoms with E-state index in [1.165, 1.54) is 17.2 Å². The molecule has 4 heteroatoms. The Bertz CT molecular complexity index is 682. The zero-order valence-electron chi connectivity index (χ0n) is 20.5. The van der Waals surface area contributed by atoms with Crippen LogP contribution in [0.2, 0.25) is 0 Å². The van der Waals surface area contributed by atoms with E-state index in [9.17, 15) is 4.39 Å². The smallest absolute Gasteiger partial charge is 0.127 e. The molecule has 3 nitrogen and oxygen atoms in total. The molecule has 0 saturated carbocycles. The molecule has 0 unspecified atom stereocenters. The first kappa shape index (κ1) is 28.2. The number of aryl methyl sites for hydroxylation is 2. The van der Waals surface area contributed by atoms with Crippen molar-refractivity contribution >= 4 is 0 Å². The fourth-order valence-corrected chi connectivity index (χ4v) is 2.99. The Morgan fingerprint density at radius 2 is 1.50 bits per heavy atom. The van der Waals surface area contributed by atoms with Crippen molar-refractivity contribution in [2.75, 3.05) is 40.4 Å². The minimum Gasteiger partial charge on any atom is -0.379 e. The summed E-state index contributed by atoms with van der Waals surface area (Å²) in [4.78, 5) is 4.40. The second kappa shape index (κ2) is 17.0. The number of ether oxygens (including phenoxy) is 1. The molecule has 0 radical (unpaired) electrons. The fraction of sp³-hybridized carbons (Fsp3) is 0.538. The van der Waals surface area contributed by atoms with Crippen LogP contribution in [0.15, 0.2) is 42.5 Å². The van der Waals surface area contributed by atoms with Crippen molar-refractivity contribution in [1.82, 2.24) is 9.80 Å². The molecule has 170 valence electrons. The highest BCUT2D eigenvalue weighted by Crippen LogP contribution is 2.11. The van der Waals surface area contributed by atoms with Crippen LogP contribution in [0.3, 0.4) is 0 Å². The van der Waals surface area contributed by atoms with Crippen LogP contribution < -0.4 is 0 Å². The first-order valence-corrected chi connectivity index (χ1v) is 11.2. The van der Waals surface area contributed by atoms with Crippen LogP contribution in [0.25, 0.3) is 0 Å².